The Hall–Kier alpha value is -1.93. The zero-order chi connectivity index (χ0) is 17.3. The van der Waals surface area contributed by atoms with Gasteiger partial charge in [-0.1, -0.05) is 17.8 Å². The van der Waals surface area contributed by atoms with E-state index in [1.54, 1.807) is 20.8 Å². The lowest BCUT2D eigenvalue weighted by atomic mass is 10.1. The van der Waals surface area contributed by atoms with Crippen LogP contribution >= 0.6 is 23.1 Å². The van der Waals surface area contributed by atoms with Crippen LogP contribution < -0.4 is 0 Å². The van der Waals surface area contributed by atoms with E-state index >= 15 is 0 Å². The highest BCUT2D eigenvalue weighted by Gasteiger charge is 2.18. The number of fused-ring (bicyclic) bond motifs is 1. The van der Waals surface area contributed by atoms with Gasteiger partial charge in [0.1, 0.15) is 0 Å². The molecule has 0 spiro atoms. The summed E-state index contributed by atoms with van der Waals surface area (Å²) >= 11 is 3.14. The van der Waals surface area contributed by atoms with E-state index in [4.69, 9.17) is 0 Å². The summed E-state index contributed by atoms with van der Waals surface area (Å²) < 4.78 is 1.72. The number of aromatic nitrogens is 4. The maximum absolute atomic E-state index is 12.6. The molecule has 3 aromatic heterocycles. The van der Waals surface area contributed by atoms with Gasteiger partial charge in [-0.25, -0.2) is 9.50 Å². The van der Waals surface area contributed by atoms with Crippen LogP contribution in [0.15, 0.2) is 22.7 Å². The number of hydrogen-bond acceptors (Lipinski definition) is 6. The fourth-order valence-corrected chi connectivity index (χ4v) is 3.64. The molecule has 0 saturated heterocycles. The monoisotopic (exact) mass is 361 g/mol. The molecule has 0 bridgehead atoms. The number of thioether (sulfide) groups is 1. The van der Waals surface area contributed by atoms with Crippen LogP contribution in [0, 0.1) is 13.8 Å². The van der Waals surface area contributed by atoms with Crippen LogP contribution in [0.4, 0.5) is 0 Å². The Labute approximate surface area is 148 Å². The van der Waals surface area contributed by atoms with Gasteiger partial charge in [-0.3, -0.25) is 4.79 Å². The summed E-state index contributed by atoms with van der Waals surface area (Å²) in [7, 11) is 1.83. The molecule has 6 nitrogen and oxygen atoms in total. The minimum Gasteiger partial charge on any atom is -0.340 e. The molecule has 0 saturated carbocycles. The molecule has 24 heavy (non-hydrogen) atoms. The minimum absolute atomic E-state index is 0.0703. The molecule has 0 aliphatic rings. The molecule has 3 heterocycles. The number of thiophene rings is 1. The van der Waals surface area contributed by atoms with Crippen molar-refractivity contribution in [2.24, 2.45) is 0 Å². The van der Waals surface area contributed by atoms with E-state index in [2.05, 4.69) is 15.1 Å². The molecule has 0 radical (unpaired) electrons. The molecule has 0 aromatic carbocycles. The fraction of sp³-hybridized carbons (Fsp3) is 0.375. The first-order valence-corrected chi connectivity index (χ1v) is 9.63. The first-order chi connectivity index (χ1) is 11.5. The Balaban J connectivity index is 1.84. The summed E-state index contributed by atoms with van der Waals surface area (Å²) in [5.74, 6) is 0.651. The second kappa shape index (κ2) is 6.90. The number of amides is 1. The maximum Gasteiger partial charge on any atom is 0.253 e. The lowest BCUT2D eigenvalue weighted by Crippen LogP contribution is -2.28. The number of aryl methyl sites for hydroxylation is 2. The first-order valence-electron chi connectivity index (χ1n) is 7.52. The van der Waals surface area contributed by atoms with E-state index in [1.165, 1.54) is 16.6 Å². The summed E-state index contributed by atoms with van der Waals surface area (Å²) in [4.78, 5) is 24.4. The zero-order valence-corrected chi connectivity index (χ0v) is 15.7. The van der Waals surface area contributed by atoms with Crippen LogP contribution in [-0.4, -0.2) is 43.7 Å². The van der Waals surface area contributed by atoms with Crippen molar-refractivity contribution in [2.75, 3.05) is 13.3 Å². The van der Waals surface area contributed by atoms with Crippen LogP contribution in [0.25, 0.3) is 5.78 Å². The highest BCUT2D eigenvalue weighted by atomic mass is 32.2. The number of likely N-dealkylation sites (N-methyl/N-ethyl adjacent to an activating group) is 1. The summed E-state index contributed by atoms with van der Waals surface area (Å²) in [6, 6.07) is 4.04. The molecule has 1 amide bonds. The van der Waals surface area contributed by atoms with E-state index in [1.807, 2.05) is 44.7 Å². The van der Waals surface area contributed by atoms with Crippen LogP contribution in [0.3, 0.4) is 0 Å². The zero-order valence-electron chi connectivity index (χ0n) is 14.1. The normalized spacial score (nSPS) is 11.2. The van der Waals surface area contributed by atoms with E-state index in [-0.39, 0.29) is 5.91 Å². The van der Waals surface area contributed by atoms with Gasteiger partial charge in [0, 0.05) is 28.9 Å². The van der Waals surface area contributed by atoms with E-state index in [0.717, 1.165) is 17.0 Å². The van der Waals surface area contributed by atoms with Gasteiger partial charge in [0.15, 0.2) is 0 Å². The number of hydrogen-bond donors (Lipinski definition) is 0. The third kappa shape index (κ3) is 3.29. The molecule has 0 aliphatic heterocycles. The predicted octanol–water partition coefficient (Wildman–Crippen LogP) is 2.73. The number of carbonyl (C=O) groups excluding carboxylic acids is 1. The quantitative estimate of drug-likeness (QED) is 0.654. The van der Waals surface area contributed by atoms with Crippen molar-refractivity contribution >= 4 is 34.8 Å². The highest BCUT2D eigenvalue weighted by Crippen LogP contribution is 2.18. The predicted molar refractivity (Wildman–Crippen MR) is 96.5 cm³/mol. The van der Waals surface area contributed by atoms with Gasteiger partial charge in [0.05, 0.1) is 13.0 Å². The van der Waals surface area contributed by atoms with Crippen molar-refractivity contribution in [3.05, 3.63) is 39.3 Å². The summed E-state index contributed by atoms with van der Waals surface area (Å²) in [6.45, 7) is 4.51. The Morgan fingerprint density at radius 3 is 2.83 bits per heavy atom. The second-order valence-electron chi connectivity index (χ2n) is 5.58. The van der Waals surface area contributed by atoms with Gasteiger partial charge >= 0.3 is 0 Å². The second-order valence-corrected chi connectivity index (χ2v) is 7.38. The van der Waals surface area contributed by atoms with Gasteiger partial charge < -0.3 is 4.90 Å². The molecule has 0 atom stereocenters. The molecular formula is C16H19N5OS2. The Bertz CT molecular complexity index is 872. The third-order valence-corrected chi connectivity index (χ3v) is 5.34. The van der Waals surface area contributed by atoms with E-state index in [9.17, 15) is 4.79 Å². The number of rotatable bonds is 5. The molecule has 0 aliphatic carbocycles. The Morgan fingerprint density at radius 1 is 1.38 bits per heavy atom. The van der Waals surface area contributed by atoms with Crippen molar-refractivity contribution < 1.29 is 4.79 Å². The standard InChI is InChI=1S/C16H19N5OS2/c1-10-13(8-14(22)20(3)9-12-6-5-7-24-12)11(2)21-15(17-10)18-16(19-21)23-4/h5-7H,8-9H2,1-4H3. The topological polar surface area (TPSA) is 63.4 Å². The van der Waals surface area contributed by atoms with E-state index in [0.29, 0.717) is 23.9 Å². The lowest BCUT2D eigenvalue weighted by molar-refractivity contribution is -0.129. The molecule has 3 aromatic rings. The fourth-order valence-electron chi connectivity index (χ4n) is 2.54. The van der Waals surface area contributed by atoms with Crippen molar-refractivity contribution in [3.8, 4) is 0 Å². The van der Waals surface area contributed by atoms with Crippen molar-refractivity contribution in [3.63, 3.8) is 0 Å². The van der Waals surface area contributed by atoms with Gasteiger partial charge in [-0.05, 0) is 31.5 Å². The third-order valence-electron chi connectivity index (χ3n) is 3.94. The summed E-state index contributed by atoms with van der Waals surface area (Å²) in [6.07, 6.45) is 2.25. The molecule has 8 heteroatoms. The van der Waals surface area contributed by atoms with Crippen LogP contribution in [0.2, 0.25) is 0 Å². The maximum atomic E-state index is 12.6. The number of nitrogens with zero attached hydrogens (tertiary/aromatic N) is 5. The molecular weight excluding hydrogens is 342 g/mol. The van der Waals surface area contributed by atoms with Crippen LogP contribution in [0.5, 0.6) is 0 Å². The molecule has 0 N–H and O–H groups in total. The molecule has 0 unspecified atom stereocenters. The van der Waals surface area contributed by atoms with Crippen molar-refractivity contribution in [1.82, 2.24) is 24.5 Å². The average Bonchev–Trinajstić information content (AvgIpc) is 3.20. The van der Waals surface area contributed by atoms with Gasteiger partial charge in [0.25, 0.3) is 5.78 Å². The van der Waals surface area contributed by atoms with Crippen LogP contribution in [-0.2, 0) is 17.8 Å². The highest BCUT2D eigenvalue weighted by molar-refractivity contribution is 7.98. The Morgan fingerprint density at radius 2 is 2.17 bits per heavy atom. The summed E-state index contributed by atoms with van der Waals surface area (Å²) in [5.41, 5.74) is 2.67. The summed E-state index contributed by atoms with van der Waals surface area (Å²) in [5, 5.41) is 7.13. The minimum atomic E-state index is 0.0703. The first kappa shape index (κ1) is 16.9. The molecule has 0 fully saturated rings. The van der Waals surface area contributed by atoms with Crippen LogP contribution in [0.1, 0.15) is 21.8 Å². The largest absolute Gasteiger partial charge is 0.340 e. The van der Waals surface area contributed by atoms with Crippen molar-refractivity contribution in [1.29, 1.82) is 0 Å². The molecule has 126 valence electrons. The molecule has 3 rings (SSSR count). The Kier molecular flexibility index (Phi) is 4.86. The lowest BCUT2D eigenvalue weighted by Gasteiger charge is -2.18. The van der Waals surface area contributed by atoms with Crippen molar-refractivity contribution in [2.45, 2.75) is 32.0 Å². The smallest absolute Gasteiger partial charge is 0.253 e. The van der Waals surface area contributed by atoms with Gasteiger partial charge in [-0.2, -0.15) is 4.98 Å². The van der Waals surface area contributed by atoms with Gasteiger partial charge in [-0.15, -0.1) is 16.4 Å². The SMILES string of the molecule is CSc1nc2nc(C)c(CC(=O)N(C)Cc3cccs3)c(C)n2n1. The van der Waals surface area contributed by atoms with E-state index < -0.39 is 0 Å². The van der Waals surface area contributed by atoms with Gasteiger partial charge in [0.2, 0.25) is 11.1 Å². The average molecular weight is 361 g/mol. The number of carbonyl (C=O) groups is 1.